The van der Waals surface area contributed by atoms with Crippen LogP contribution in [0.5, 0.6) is 0 Å². The summed E-state index contributed by atoms with van der Waals surface area (Å²) >= 11 is 0. The number of rotatable bonds is 4. The van der Waals surface area contributed by atoms with E-state index in [-0.39, 0.29) is 28.8 Å². The summed E-state index contributed by atoms with van der Waals surface area (Å²) in [6.45, 7) is 7.45. The number of hydrogen-bond donors (Lipinski definition) is 1. The number of carbonyl (C=O) groups excluding carboxylic acids is 1. The van der Waals surface area contributed by atoms with Crippen molar-refractivity contribution in [3.8, 4) is 11.3 Å². The van der Waals surface area contributed by atoms with Gasteiger partial charge in [-0.1, -0.05) is 20.8 Å². The van der Waals surface area contributed by atoms with Gasteiger partial charge in [0.15, 0.2) is 0 Å². The standard InChI is InChI=1S/C24H26F2N4O4/c1-24(2,3)13-34-23(33)29-6-4-15(5-7-29)30-21-12-27-20(8-14(21)11-28-30)16-9-19(26)17(22(31)32)10-18(16)25/h8-12,15H,4-7,13H2,1-3H3,(H,31,32). The normalized spacial score (nSPS) is 15.0. The Labute approximate surface area is 195 Å². The summed E-state index contributed by atoms with van der Waals surface area (Å²) < 4.78 is 35.8. The Morgan fingerprint density at radius 1 is 1.12 bits per heavy atom. The Morgan fingerprint density at radius 2 is 1.82 bits per heavy atom. The Hall–Kier alpha value is -3.56. The van der Waals surface area contributed by atoms with Crippen LogP contribution >= 0.6 is 0 Å². The van der Waals surface area contributed by atoms with E-state index in [0.29, 0.717) is 44.0 Å². The van der Waals surface area contributed by atoms with Gasteiger partial charge in [-0.2, -0.15) is 5.10 Å². The first-order valence-electron chi connectivity index (χ1n) is 11.0. The maximum Gasteiger partial charge on any atom is 0.409 e. The van der Waals surface area contributed by atoms with E-state index < -0.39 is 23.2 Å². The predicted molar refractivity (Wildman–Crippen MR) is 120 cm³/mol. The van der Waals surface area contributed by atoms with E-state index in [2.05, 4.69) is 10.1 Å². The number of aromatic carboxylic acids is 1. The van der Waals surface area contributed by atoms with E-state index >= 15 is 0 Å². The van der Waals surface area contributed by atoms with E-state index in [1.165, 1.54) is 0 Å². The number of ether oxygens (including phenoxy) is 1. The molecule has 0 bridgehead atoms. The highest BCUT2D eigenvalue weighted by atomic mass is 19.1. The minimum atomic E-state index is -1.54. The molecule has 1 aromatic carbocycles. The quantitative estimate of drug-likeness (QED) is 0.580. The van der Waals surface area contributed by atoms with Crippen LogP contribution in [0.3, 0.4) is 0 Å². The average molecular weight is 472 g/mol. The van der Waals surface area contributed by atoms with Crippen LogP contribution in [0.2, 0.25) is 0 Å². The van der Waals surface area contributed by atoms with Gasteiger partial charge in [0.05, 0.1) is 41.8 Å². The van der Waals surface area contributed by atoms with Gasteiger partial charge in [0.1, 0.15) is 11.6 Å². The number of halogens is 2. The monoisotopic (exact) mass is 472 g/mol. The number of amides is 1. The first-order valence-corrected chi connectivity index (χ1v) is 11.0. The van der Waals surface area contributed by atoms with Crippen LogP contribution < -0.4 is 0 Å². The highest BCUT2D eigenvalue weighted by Gasteiger charge is 2.27. The van der Waals surface area contributed by atoms with Crippen molar-refractivity contribution in [1.29, 1.82) is 0 Å². The summed E-state index contributed by atoms with van der Waals surface area (Å²) in [6.07, 6.45) is 4.25. The topological polar surface area (TPSA) is 97.6 Å². The number of fused-ring (bicyclic) bond motifs is 1. The molecule has 4 rings (SSSR count). The Bertz CT molecular complexity index is 1240. The van der Waals surface area contributed by atoms with Crippen molar-refractivity contribution in [2.24, 2.45) is 5.41 Å². The number of nitrogens with zero attached hydrogens (tertiary/aromatic N) is 4. The number of carboxylic acids is 1. The van der Waals surface area contributed by atoms with E-state index in [1.54, 1.807) is 23.4 Å². The molecule has 0 saturated carbocycles. The second kappa shape index (κ2) is 9.00. The van der Waals surface area contributed by atoms with Gasteiger partial charge in [-0.05, 0) is 36.5 Å². The Morgan fingerprint density at radius 3 is 2.47 bits per heavy atom. The number of benzene rings is 1. The zero-order chi connectivity index (χ0) is 24.6. The second-order valence-electron chi connectivity index (χ2n) is 9.67. The van der Waals surface area contributed by atoms with Crippen LogP contribution in [-0.4, -0.2) is 56.5 Å². The fourth-order valence-corrected chi connectivity index (χ4v) is 3.95. The number of carbonyl (C=O) groups is 2. The molecule has 1 fully saturated rings. The molecular weight excluding hydrogens is 446 g/mol. The molecule has 0 spiro atoms. The van der Waals surface area contributed by atoms with E-state index in [0.717, 1.165) is 11.6 Å². The van der Waals surface area contributed by atoms with Crippen molar-refractivity contribution in [2.75, 3.05) is 19.7 Å². The lowest BCUT2D eigenvalue weighted by Gasteiger charge is -2.32. The molecule has 8 nitrogen and oxygen atoms in total. The zero-order valence-corrected chi connectivity index (χ0v) is 19.2. The van der Waals surface area contributed by atoms with Crippen LogP contribution in [0.25, 0.3) is 22.2 Å². The van der Waals surface area contributed by atoms with Crippen molar-refractivity contribution in [1.82, 2.24) is 19.7 Å². The van der Waals surface area contributed by atoms with Crippen LogP contribution in [0.15, 0.2) is 30.6 Å². The number of hydrogen-bond acceptors (Lipinski definition) is 5. The summed E-state index contributed by atoms with van der Waals surface area (Å²) in [5.41, 5.74) is -0.0406. The second-order valence-corrected chi connectivity index (χ2v) is 9.67. The number of pyridine rings is 1. The number of piperidine rings is 1. The fourth-order valence-electron chi connectivity index (χ4n) is 3.95. The maximum absolute atomic E-state index is 14.5. The van der Waals surface area contributed by atoms with Crippen LogP contribution in [0, 0.1) is 17.0 Å². The van der Waals surface area contributed by atoms with Gasteiger partial charge in [-0.15, -0.1) is 0 Å². The van der Waals surface area contributed by atoms with Crippen LogP contribution in [0.4, 0.5) is 13.6 Å². The largest absolute Gasteiger partial charge is 0.478 e. The molecule has 1 aliphatic rings. The predicted octanol–water partition coefficient (Wildman–Crippen LogP) is 4.89. The lowest BCUT2D eigenvalue weighted by atomic mass is 9.99. The zero-order valence-electron chi connectivity index (χ0n) is 19.2. The molecule has 3 heterocycles. The third-order valence-electron chi connectivity index (χ3n) is 5.74. The first kappa shape index (κ1) is 23.6. The fraction of sp³-hybridized carbons (Fsp3) is 0.417. The molecule has 1 saturated heterocycles. The molecule has 1 aliphatic heterocycles. The molecule has 34 heavy (non-hydrogen) atoms. The summed E-state index contributed by atoms with van der Waals surface area (Å²) in [5, 5.41) is 14.1. The van der Waals surface area contributed by atoms with Crippen LogP contribution in [0.1, 0.15) is 50.0 Å². The molecular formula is C24H26F2N4O4. The van der Waals surface area contributed by atoms with E-state index in [4.69, 9.17) is 9.84 Å². The lowest BCUT2D eigenvalue weighted by molar-refractivity contribution is 0.0622. The number of likely N-dealkylation sites (tertiary alicyclic amines) is 1. The molecule has 180 valence electrons. The molecule has 1 amide bonds. The minimum absolute atomic E-state index is 0.0563. The van der Waals surface area contributed by atoms with Gasteiger partial charge in [-0.3, -0.25) is 9.67 Å². The van der Waals surface area contributed by atoms with Gasteiger partial charge in [-0.25, -0.2) is 18.4 Å². The molecule has 3 aromatic rings. The third kappa shape index (κ3) is 4.85. The van der Waals surface area contributed by atoms with Crippen molar-refractivity contribution >= 4 is 23.0 Å². The van der Waals surface area contributed by atoms with Crippen molar-refractivity contribution in [3.05, 3.63) is 47.8 Å². The molecule has 2 aromatic heterocycles. The van der Waals surface area contributed by atoms with Crippen molar-refractivity contribution in [2.45, 2.75) is 39.7 Å². The average Bonchev–Trinajstić information content (AvgIpc) is 3.21. The summed E-state index contributed by atoms with van der Waals surface area (Å²) in [6, 6.07) is 3.14. The first-order chi connectivity index (χ1) is 16.0. The molecule has 10 heteroatoms. The van der Waals surface area contributed by atoms with Crippen molar-refractivity contribution < 1.29 is 28.2 Å². The van der Waals surface area contributed by atoms with E-state index in [9.17, 15) is 18.4 Å². The molecule has 1 N–H and O–H groups in total. The maximum atomic E-state index is 14.5. The summed E-state index contributed by atoms with van der Waals surface area (Å²) in [7, 11) is 0. The lowest BCUT2D eigenvalue weighted by Crippen LogP contribution is -2.40. The Kier molecular flexibility index (Phi) is 6.24. The minimum Gasteiger partial charge on any atom is -0.478 e. The van der Waals surface area contributed by atoms with Gasteiger partial charge < -0.3 is 14.7 Å². The van der Waals surface area contributed by atoms with Gasteiger partial charge in [0.25, 0.3) is 0 Å². The van der Waals surface area contributed by atoms with Gasteiger partial charge >= 0.3 is 12.1 Å². The molecule has 0 aliphatic carbocycles. The van der Waals surface area contributed by atoms with Crippen LogP contribution in [-0.2, 0) is 4.74 Å². The highest BCUT2D eigenvalue weighted by Crippen LogP contribution is 2.30. The van der Waals surface area contributed by atoms with Gasteiger partial charge in [0.2, 0.25) is 0 Å². The number of aromatic nitrogens is 3. The molecule has 0 radical (unpaired) electrons. The third-order valence-corrected chi connectivity index (χ3v) is 5.74. The van der Waals surface area contributed by atoms with Crippen molar-refractivity contribution in [3.63, 3.8) is 0 Å². The van der Waals surface area contributed by atoms with E-state index in [1.807, 2.05) is 25.5 Å². The Balaban J connectivity index is 1.49. The highest BCUT2D eigenvalue weighted by molar-refractivity contribution is 5.89. The smallest absolute Gasteiger partial charge is 0.409 e. The summed E-state index contributed by atoms with van der Waals surface area (Å²) in [5.74, 6) is -3.45. The SMILES string of the molecule is CC(C)(C)COC(=O)N1CCC(n2ncc3cc(-c4cc(F)c(C(=O)O)cc4F)ncc32)CC1. The number of carboxylic acid groups (broad SMARTS) is 1. The molecule has 0 unspecified atom stereocenters. The van der Waals surface area contributed by atoms with Gasteiger partial charge in [0, 0.05) is 24.0 Å². The summed E-state index contributed by atoms with van der Waals surface area (Å²) in [4.78, 5) is 29.3. The molecule has 0 atom stereocenters.